The number of hydrogen-bond donors (Lipinski definition) is 1. The molecular weight excluding hydrogens is 409 g/mol. The Balaban J connectivity index is 1.88. The molecule has 0 aliphatic carbocycles. The van der Waals surface area contributed by atoms with E-state index in [9.17, 15) is 19.5 Å². The number of carbonyl (C=O) groups is 2. The van der Waals surface area contributed by atoms with Gasteiger partial charge in [-0.2, -0.15) is 0 Å². The van der Waals surface area contributed by atoms with Crippen molar-refractivity contribution in [2.75, 3.05) is 44.7 Å². The number of nitrogens with zero attached hydrogens (tertiary/aromatic N) is 3. The van der Waals surface area contributed by atoms with Gasteiger partial charge in [-0.25, -0.2) is 14.0 Å². The van der Waals surface area contributed by atoms with E-state index >= 15 is 4.39 Å². The van der Waals surface area contributed by atoms with Crippen molar-refractivity contribution in [1.82, 2.24) is 9.47 Å². The predicted molar refractivity (Wildman–Crippen MR) is 110 cm³/mol. The summed E-state index contributed by atoms with van der Waals surface area (Å²) < 4.78 is 27.4. The number of aliphatic hydroxyl groups is 1. The number of ether oxygens (including phenoxy) is 2. The zero-order chi connectivity index (χ0) is 22.4. The Morgan fingerprint density at radius 1 is 1.29 bits per heavy atom. The van der Waals surface area contributed by atoms with Crippen LogP contribution in [0.1, 0.15) is 30.2 Å². The molecule has 2 aliphatic heterocycles. The molecule has 0 amide bonds. The summed E-state index contributed by atoms with van der Waals surface area (Å²) >= 11 is 0. The van der Waals surface area contributed by atoms with Crippen LogP contribution < -0.4 is 15.1 Å². The van der Waals surface area contributed by atoms with Gasteiger partial charge in [0.05, 0.1) is 16.9 Å². The summed E-state index contributed by atoms with van der Waals surface area (Å²) in [5, 5.41) is 9.24. The Hall–Kier alpha value is -2.98. The number of esters is 2. The van der Waals surface area contributed by atoms with E-state index < -0.39 is 34.9 Å². The van der Waals surface area contributed by atoms with E-state index in [-0.39, 0.29) is 23.8 Å². The molecule has 0 spiro atoms. The molecule has 2 atom stereocenters. The highest BCUT2D eigenvalue weighted by molar-refractivity contribution is 6.01. The zero-order valence-electron chi connectivity index (χ0n) is 17.6. The number of anilines is 1. The van der Waals surface area contributed by atoms with Crippen molar-refractivity contribution in [3.05, 3.63) is 33.9 Å². The molecule has 31 heavy (non-hydrogen) atoms. The van der Waals surface area contributed by atoms with Crippen molar-refractivity contribution in [2.24, 2.45) is 0 Å². The highest BCUT2D eigenvalue weighted by atomic mass is 19.1. The normalized spacial score (nSPS) is 19.8. The van der Waals surface area contributed by atoms with Gasteiger partial charge in [0.25, 0.3) is 0 Å². The number of piperazine rings is 1. The molecule has 1 N–H and O–H groups in total. The first-order chi connectivity index (χ1) is 14.7. The van der Waals surface area contributed by atoms with Gasteiger partial charge in [0.15, 0.2) is 11.6 Å². The molecule has 166 valence electrons. The molecule has 1 fully saturated rings. The first-order valence-electron chi connectivity index (χ1n) is 10.1. The molecule has 2 aliphatic rings. The van der Waals surface area contributed by atoms with Gasteiger partial charge < -0.3 is 28.9 Å². The number of pyridine rings is 1. The molecule has 0 radical (unpaired) electrons. The maximum absolute atomic E-state index is 15.2. The monoisotopic (exact) mass is 433 g/mol. The highest BCUT2D eigenvalue weighted by Crippen LogP contribution is 2.42. The number of aliphatic hydroxyl groups excluding tert-OH is 1. The Kier molecular flexibility index (Phi) is 5.44. The smallest absolute Gasteiger partial charge is 0.351 e. The number of rotatable bonds is 3. The second-order valence-electron chi connectivity index (χ2n) is 8.05. The Labute approximate surface area is 177 Å². The summed E-state index contributed by atoms with van der Waals surface area (Å²) in [7, 11) is 2.00. The minimum Gasteiger partial charge on any atom is -0.487 e. The molecule has 1 aromatic heterocycles. The van der Waals surface area contributed by atoms with E-state index in [2.05, 4.69) is 9.64 Å². The van der Waals surface area contributed by atoms with Crippen LogP contribution in [-0.2, 0) is 9.53 Å². The van der Waals surface area contributed by atoms with Crippen LogP contribution in [0.3, 0.4) is 0 Å². The van der Waals surface area contributed by atoms with Crippen molar-refractivity contribution < 1.29 is 28.6 Å². The van der Waals surface area contributed by atoms with E-state index in [0.717, 1.165) is 26.1 Å². The SMILES string of the molecule is C[C@H](O)C(=O)OC(=O)c1cn2c3c(c(N4CCN(C)CC4)c(F)cc3c1=O)OC[C@@H]2C. The van der Waals surface area contributed by atoms with Crippen LogP contribution in [0.5, 0.6) is 5.75 Å². The van der Waals surface area contributed by atoms with Crippen molar-refractivity contribution in [1.29, 1.82) is 0 Å². The second-order valence-corrected chi connectivity index (χ2v) is 8.05. The van der Waals surface area contributed by atoms with Crippen LogP contribution in [0.2, 0.25) is 0 Å². The molecule has 0 bridgehead atoms. The van der Waals surface area contributed by atoms with Gasteiger partial charge in [-0.3, -0.25) is 4.79 Å². The van der Waals surface area contributed by atoms with E-state index in [1.165, 1.54) is 6.20 Å². The van der Waals surface area contributed by atoms with Gasteiger partial charge in [-0.05, 0) is 27.0 Å². The third-order valence-corrected chi connectivity index (χ3v) is 5.72. The number of aromatic nitrogens is 1. The van der Waals surface area contributed by atoms with Crippen LogP contribution in [-0.4, -0.2) is 72.4 Å². The number of halogens is 1. The third-order valence-electron chi connectivity index (χ3n) is 5.72. The highest BCUT2D eigenvalue weighted by Gasteiger charge is 2.31. The third kappa shape index (κ3) is 3.66. The zero-order valence-corrected chi connectivity index (χ0v) is 17.6. The minimum atomic E-state index is -1.52. The maximum atomic E-state index is 15.2. The van der Waals surface area contributed by atoms with Gasteiger partial charge in [-0.15, -0.1) is 0 Å². The number of likely N-dealkylation sites (N-methyl/N-ethyl adjacent to an activating group) is 1. The molecular formula is C21H24FN3O6. The summed E-state index contributed by atoms with van der Waals surface area (Å²) in [6, 6.07) is 0.861. The lowest BCUT2D eigenvalue weighted by atomic mass is 10.1. The Bertz CT molecular complexity index is 1120. The quantitative estimate of drug-likeness (QED) is 0.563. The van der Waals surface area contributed by atoms with Crippen molar-refractivity contribution in [3.8, 4) is 5.75 Å². The summed E-state index contributed by atoms with van der Waals surface area (Å²) in [6.07, 6.45) is -0.210. The molecule has 4 rings (SSSR count). The molecule has 9 nitrogen and oxygen atoms in total. The molecule has 10 heteroatoms. The lowest BCUT2D eigenvalue weighted by Gasteiger charge is -2.37. The van der Waals surface area contributed by atoms with Crippen molar-refractivity contribution >= 4 is 28.5 Å². The summed E-state index contributed by atoms with van der Waals surface area (Å²) in [4.78, 5) is 41.1. The second kappa shape index (κ2) is 7.93. The summed E-state index contributed by atoms with van der Waals surface area (Å²) in [6.45, 7) is 5.96. The fourth-order valence-electron chi connectivity index (χ4n) is 3.91. The molecule has 3 heterocycles. The fourth-order valence-corrected chi connectivity index (χ4v) is 3.91. The van der Waals surface area contributed by atoms with Gasteiger partial charge in [0.1, 0.15) is 24.0 Å². The van der Waals surface area contributed by atoms with Crippen molar-refractivity contribution in [3.63, 3.8) is 0 Å². The predicted octanol–water partition coefficient (Wildman–Crippen LogP) is 0.910. The number of carbonyl (C=O) groups excluding carboxylic acids is 2. The summed E-state index contributed by atoms with van der Waals surface area (Å²) in [5.41, 5.74) is -0.469. The first-order valence-corrected chi connectivity index (χ1v) is 10.1. The number of hydrogen-bond acceptors (Lipinski definition) is 8. The molecule has 1 saturated heterocycles. The van der Waals surface area contributed by atoms with E-state index in [1.54, 1.807) is 4.57 Å². The largest absolute Gasteiger partial charge is 0.487 e. The van der Waals surface area contributed by atoms with Crippen molar-refractivity contribution in [2.45, 2.75) is 26.0 Å². The van der Waals surface area contributed by atoms with Crippen LogP contribution in [0.4, 0.5) is 10.1 Å². The van der Waals surface area contributed by atoms with Crippen LogP contribution in [0.15, 0.2) is 17.1 Å². The van der Waals surface area contributed by atoms with Crippen LogP contribution in [0.25, 0.3) is 10.9 Å². The minimum absolute atomic E-state index is 0.0316. The number of benzene rings is 1. The van der Waals surface area contributed by atoms with E-state index in [0.29, 0.717) is 24.3 Å². The van der Waals surface area contributed by atoms with Gasteiger partial charge in [0, 0.05) is 32.4 Å². The van der Waals surface area contributed by atoms with E-state index in [1.807, 2.05) is 18.9 Å². The fraction of sp³-hybridized carbons (Fsp3) is 0.476. The molecule has 1 aromatic carbocycles. The van der Waals surface area contributed by atoms with E-state index in [4.69, 9.17) is 4.74 Å². The average molecular weight is 433 g/mol. The lowest BCUT2D eigenvalue weighted by molar-refractivity contribution is -0.146. The average Bonchev–Trinajstić information content (AvgIpc) is 2.72. The maximum Gasteiger partial charge on any atom is 0.351 e. The molecule has 0 saturated carbocycles. The lowest BCUT2D eigenvalue weighted by Crippen LogP contribution is -2.45. The van der Waals surface area contributed by atoms with Crippen LogP contribution in [0, 0.1) is 5.82 Å². The molecule has 0 unspecified atom stereocenters. The van der Waals surface area contributed by atoms with Gasteiger partial charge in [-0.1, -0.05) is 0 Å². The Morgan fingerprint density at radius 2 is 1.97 bits per heavy atom. The van der Waals surface area contributed by atoms with Gasteiger partial charge in [0.2, 0.25) is 5.43 Å². The Morgan fingerprint density at radius 3 is 2.61 bits per heavy atom. The molecule has 2 aromatic rings. The standard InChI is InChI=1S/C21H24FN3O6/c1-11-10-30-19-16-13(8-15(22)17(19)24-6-4-23(3)5-7-24)18(27)14(9-25(11)16)21(29)31-20(28)12(2)26/h8-9,11-12,26H,4-7,10H2,1-3H3/t11-,12-/m0/s1. The summed E-state index contributed by atoms with van der Waals surface area (Å²) in [5.74, 6) is -2.70. The first kappa shape index (κ1) is 21.3. The van der Waals surface area contributed by atoms with Gasteiger partial charge >= 0.3 is 11.9 Å². The topological polar surface area (TPSA) is 101 Å². The van der Waals surface area contributed by atoms with Crippen LogP contribution >= 0.6 is 0 Å².